The summed E-state index contributed by atoms with van der Waals surface area (Å²) < 4.78 is 26.0. The van der Waals surface area contributed by atoms with E-state index in [2.05, 4.69) is 94.9 Å². The van der Waals surface area contributed by atoms with Crippen molar-refractivity contribution in [3.63, 3.8) is 0 Å². The van der Waals surface area contributed by atoms with Gasteiger partial charge in [0, 0.05) is 63.3 Å². The van der Waals surface area contributed by atoms with Crippen LogP contribution in [0.2, 0.25) is 0 Å². The first-order valence-electron chi connectivity index (χ1n) is 33.5. The van der Waals surface area contributed by atoms with E-state index in [1.54, 1.807) is 19.1 Å². The van der Waals surface area contributed by atoms with Gasteiger partial charge in [-0.1, -0.05) is 178 Å². The average molecular weight is 1240 g/mol. The third-order valence-corrected chi connectivity index (χ3v) is 17.9. The second kappa shape index (κ2) is 41.2. The summed E-state index contributed by atoms with van der Waals surface area (Å²) in [4.78, 5) is 70.1. The number of ether oxygens (including phenoxy) is 4. The molecule has 1 aliphatic carbocycles. The third kappa shape index (κ3) is 25.7. The first kappa shape index (κ1) is 70.7. The van der Waals surface area contributed by atoms with Gasteiger partial charge in [-0.15, -0.1) is 0 Å². The number of unbranched alkanes of at least 4 members (excludes halogenated alkanes) is 22. The fourth-order valence-electron chi connectivity index (χ4n) is 11.9. The molecule has 0 fully saturated rings. The van der Waals surface area contributed by atoms with E-state index in [9.17, 15) is 24.0 Å². The maximum Gasteiger partial charge on any atom is 0.311 e. The molecule has 13 heteroatoms. The van der Waals surface area contributed by atoms with Crippen LogP contribution < -0.4 is 4.74 Å². The molecule has 12 nitrogen and oxygen atoms in total. The zero-order valence-corrected chi connectivity index (χ0v) is 54.9. The Bertz CT molecular complexity index is 2490. The molecule has 1 aliphatic heterocycles. The van der Waals surface area contributed by atoms with Crippen LogP contribution in [0.15, 0.2) is 77.4 Å². The Hall–Kier alpha value is -5.01. The minimum Gasteiger partial charge on any atom is -0.462 e. The molecule has 0 radical (unpaired) electrons. The Morgan fingerprint density at radius 1 is 0.624 bits per heavy atom. The molecule has 1 aromatic heterocycles. The van der Waals surface area contributed by atoms with Gasteiger partial charge in [0.2, 0.25) is 5.91 Å². The van der Waals surface area contributed by atoms with Crippen LogP contribution in [0.4, 0.5) is 0 Å². The van der Waals surface area contributed by atoms with E-state index in [0.717, 1.165) is 86.3 Å². The lowest BCUT2D eigenvalue weighted by Gasteiger charge is -2.40. The molecule has 2 unspecified atom stereocenters. The van der Waals surface area contributed by atoms with E-state index in [1.165, 1.54) is 112 Å². The molecule has 0 saturated carbocycles. The number of nitrogens with zero attached hydrogens (tertiary/aromatic N) is 3. The van der Waals surface area contributed by atoms with Gasteiger partial charge >= 0.3 is 23.9 Å². The number of likely N-dealkylation sites (N-methyl/N-ethyl adjacent to an activating group) is 1. The Balaban J connectivity index is 1.05. The Labute approximate surface area is 520 Å². The summed E-state index contributed by atoms with van der Waals surface area (Å²) in [5, 5.41) is 1.21. The van der Waals surface area contributed by atoms with E-state index in [1.807, 2.05) is 30.9 Å². The molecule has 5 rings (SSSR count). The van der Waals surface area contributed by atoms with E-state index < -0.39 is 24.0 Å². The van der Waals surface area contributed by atoms with Crippen LogP contribution in [0.3, 0.4) is 0 Å². The number of rotatable bonds is 45. The number of esters is 4. The van der Waals surface area contributed by atoms with Gasteiger partial charge in [0.25, 0.3) is 0 Å². The van der Waals surface area contributed by atoms with Gasteiger partial charge in [-0.3, -0.25) is 28.9 Å². The molecule has 85 heavy (non-hydrogen) atoms. The van der Waals surface area contributed by atoms with Crippen LogP contribution in [-0.4, -0.2) is 96.2 Å². The van der Waals surface area contributed by atoms with Crippen molar-refractivity contribution in [3.05, 3.63) is 94.1 Å². The molecular formula is C72H108BrN3O9. The van der Waals surface area contributed by atoms with Gasteiger partial charge in [0.1, 0.15) is 19.0 Å². The van der Waals surface area contributed by atoms with Crippen LogP contribution in [0.25, 0.3) is 16.5 Å². The van der Waals surface area contributed by atoms with Gasteiger partial charge in [0.15, 0.2) is 6.10 Å². The molecule has 2 aromatic carbocycles. The van der Waals surface area contributed by atoms with Crippen molar-refractivity contribution in [2.24, 2.45) is 11.8 Å². The first-order valence-corrected chi connectivity index (χ1v) is 34.3. The fourth-order valence-corrected chi connectivity index (χ4v) is 12.6. The molecule has 2 aliphatic rings. The summed E-state index contributed by atoms with van der Waals surface area (Å²) in [5.74, 6) is -1.83. The molecule has 0 N–H and O–H groups in total. The molecule has 0 bridgehead atoms. The highest BCUT2D eigenvalue weighted by Gasteiger charge is 2.38. The number of fused-ring (bicyclic) bond motifs is 2. The first-order chi connectivity index (χ1) is 41.4. The molecule has 3 aromatic rings. The van der Waals surface area contributed by atoms with Crippen molar-refractivity contribution in [2.75, 3.05) is 39.9 Å². The van der Waals surface area contributed by atoms with E-state index >= 15 is 0 Å². The summed E-state index contributed by atoms with van der Waals surface area (Å²) >= 11 is 3.99. The average Bonchev–Trinajstić information content (AvgIpc) is 3.65. The highest BCUT2D eigenvalue weighted by molar-refractivity contribution is 9.10. The van der Waals surface area contributed by atoms with E-state index in [-0.39, 0.29) is 68.7 Å². The standard InChI is InChI=1S/C72H108BrN3O9/c1-7-11-13-15-17-19-21-23-25-27-29-31-33-35-37-42-66(77)82-54-60(55-83-67(78)43-38-36-34-32-30-28-26-24-22-20-18-16-14-12-8-2)85-69(80)49-56(5)48-68(79)84-59-46-44-57(45-47-59)52-76-64-41-39-40-61-62-50-58(72(81)75(9-3)10-4)53-74(6)65(62)51-63(70(61)64)71(76)73/h23-26,39-41,44-47,50,56,58,60,65H,7-22,27-38,42-43,48-49,51-55H2,1-6H3/b25-23-,26-24-/t56?,58-,65?/m1/s1. The van der Waals surface area contributed by atoms with Gasteiger partial charge in [-0.05, 0) is 154 Å². The number of amides is 1. The minimum atomic E-state index is -0.974. The highest BCUT2D eigenvalue weighted by Crippen LogP contribution is 2.45. The summed E-state index contributed by atoms with van der Waals surface area (Å²) in [5.41, 5.74) is 5.80. The SMILES string of the molecule is CCCCCCCC/C=C\CCCCCCCC(=O)OCC(COC(=O)CCCCCCC/C=C\CCCCCCCC)OC(=O)CC(C)CC(=O)Oc1ccc(Cn2c(Br)c3c4c(cccc42)C2=C[C@@H](C(=O)N(CC)CC)CN(C)C2C3)cc1. The summed E-state index contributed by atoms with van der Waals surface area (Å²) in [7, 11) is 2.13. The number of halogens is 1. The number of hydrogen-bond acceptors (Lipinski definition) is 10. The van der Waals surface area contributed by atoms with Crippen molar-refractivity contribution < 1.29 is 42.9 Å². The van der Waals surface area contributed by atoms with Crippen molar-refractivity contribution >= 4 is 62.2 Å². The van der Waals surface area contributed by atoms with Crippen LogP contribution in [0.1, 0.15) is 244 Å². The molecular weight excluding hydrogens is 1130 g/mol. The molecule has 0 saturated heterocycles. The zero-order chi connectivity index (χ0) is 61.0. The van der Waals surface area contributed by atoms with E-state index in [0.29, 0.717) is 44.8 Å². The Morgan fingerprint density at radius 3 is 1.64 bits per heavy atom. The predicted molar refractivity (Wildman–Crippen MR) is 349 cm³/mol. The molecule has 472 valence electrons. The topological polar surface area (TPSA) is 134 Å². The summed E-state index contributed by atoms with van der Waals surface area (Å²) in [6.07, 6.45) is 42.1. The lowest BCUT2D eigenvalue weighted by molar-refractivity contribution is -0.167. The summed E-state index contributed by atoms with van der Waals surface area (Å²) in [6.45, 7) is 12.6. The molecule has 0 spiro atoms. The van der Waals surface area contributed by atoms with Crippen LogP contribution in [0.5, 0.6) is 5.75 Å². The van der Waals surface area contributed by atoms with Gasteiger partial charge < -0.3 is 28.4 Å². The van der Waals surface area contributed by atoms with Crippen molar-refractivity contribution in [3.8, 4) is 5.75 Å². The second-order valence-electron chi connectivity index (χ2n) is 24.2. The predicted octanol–water partition coefficient (Wildman–Crippen LogP) is 17.6. The smallest absolute Gasteiger partial charge is 0.311 e. The number of carbonyl (C=O) groups is 5. The Kier molecular flexibility index (Phi) is 34.3. The van der Waals surface area contributed by atoms with Gasteiger partial charge in [-0.25, -0.2) is 0 Å². The fraction of sp³-hybridized carbons (Fsp3) is 0.653. The number of benzene rings is 2. The third-order valence-electron chi connectivity index (χ3n) is 16.9. The van der Waals surface area contributed by atoms with Crippen LogP contribution in [-0.2, 0) is 51.1 Å². The summed E-state index contributed by atoms with van der Waals surface area (Å²) in [6, 6.07) is 14.1. The highest BCUT2D eigenvalue weighted by atomic mass is 79.9. The van der Waals surface area contributed by atoms with E-state index in [4.69, 9.17) is 18.9 Å². The van der Waals surface area contributed by atoms with Crippen LogP contribution in [0, 0.1) is 11.8 Å². The quantitative estimate of drug-likeness (QED) is 0.0177. The molecule has 2 heterocycles. The monoisotopic (exact) mass is 1240 g/mol. The van der Waals surface area contributed by atoms with Gasteiger partial charge in [0.05, 0.1) is 16.0 Å². The maximum atomic E-state index is 13.5. The molecule has 1 amide bonds. The lowest BCUT2D eigenvalue weighted by atomic mass is 9.79. The van der Waals surface area contributed by atoms with Crippen molar-refractivity contribution in [2.45, 2.75) is 252 Å². The maximum absolute atomic E-state index is 13.5. The number of aromatic nitrogens is 1. The number of allylic oxidation sites excluding steroid dienone is 4. The molecule has 3 atom stereocenters. The largest absolute Gasteiger partial charge is 0.462 e. The Morgan fingerprint density at radius 2 is 1.12 bits per heavy atom. The van der Waals surface area contributed by atoms with Crippen LogP contribution >= 0.6 is 15.9 Å². The number of carbonyl (C=O) groups excluding carboxylic acids is 5. The number of hydrogen-bond donors (Lipinski definition) is 0. The van der Waals surface area contributed by atoms with Crippen molar-refractivity contribution in [1.29, 1.82) is 0 Å². The zero-order valence-electron chi connectivity index (χ0n) is 53.3. The lowest BCUT2D eigenvalue weighted by Crippen LogP contribution is -2.47. The van der Waals surface area contributed by atoms with Crippen molar-refractivity contribution in [1.82, 2.24) is 14.4 Å². The second-order valence-corrected chi connectivity index (χ2v) is 25.0. The normalized spacial score (nSPS) is 15.4. The minimum absolute atomic E-state index is 0.0260. The van der Waals surface area contributed by atoms with Gasteiger partial charge in [-0.2, -0.15) is 0 Å².